The normalized spacial score (nSPS) is 17.7. The summed E-state index contributed by atoms with van der Waals surface area (Å²) in [6.07, 6.45) is 3.28. The van der Waals surface area contributed by atoms with E-state index in [9.17, 15) is 5.26 Å². The number of benzene rings is 1. The minimum absolute atomic E-state index is 0.207. The number of likely N-dealkylation sites (tertiary alicyclic amines) is 1. The third-order valence-electron chi connectivity index (χ3n) is 4.27. The summed E-state index contributed by atoms with van der Waals surface area (Å²) in [6.45, 7) is 6.98. The molecule has 1 aliphatic heterocycles. The van der Waals surface area contributed by atoms with E-state index in [0.717, 1.165) is 49.6 Å². The molecular formula is C18H26N2O2. The van der Waals surface area contributed by atoms with Crippen LogP contribution in [-0.4, -0.2) is 31.7 Å². The molecule has 22 heavy (non-hydrogen) atoms. The first-order valence-electron chi connectivity index (χ1n) is 8.14. The average Bonchev–Trinajstić information content (AvgIpc) is 2.55. The Balaban J connectivity index is 2.17. The van der Waals surface area contributed by atoms with Gasteiger partial charge in [-0.25, -0.2) is 0 Å². The van der Waals surface area contributed by atoms with Gasteiger partial charge in [0.15, 0.2) is 11.5 Å². The van der Waals surface area contributed by atoms with Gasteiger partial charge in [-0.15, -0.1) is 0 Å². The molecule has 0 bridgehead atoms. The lowest BCUT2D eigenvalue weighted by Gasteiger charge is -2.33. The lowest BCUT2D eigenvalue weighted by atomic mass is 9.96. The zero-order chi connectivity index (χ0) is 15.9. The summed E-state index contributed by atoms with van der Waals surface area (Å²) in [4.78, 5) is 2.27. The van der Waals surface area contributed by atoms with Crippen LogP contribution in [0.2, 0.25) is 0 Å². The molecule has 4 heteroatoms. The van der Waals surface area contributed by atoms with Gasteiger partial charge in [-0.05, 0) is 56.0 Å². The monoisotopic (exact) mass is 302 g/mol. The molecule has 0 radical (unpaired) electrons. The van der Waals surface area contributed by atoms with Crippen LogP contribution >= 0.6 is 0 Å². The first kappa shape index (κ1) is 16.6. The van der Waals surface area contributed by atoms with Crippen molar-refractivity contribution in [1.29, 1.82) is 5.26 Å². The molecule has 4 nitrogen and oxygen atoms in total. The predicted molar refractivity (Wildman–Crippen MR) is 87.1 cm³/mol. The molecule has 1 aliphatic rings. The van der Waals surface area contributed by atoms with Crippen LogP contribution in [0.5, 0.6) is 11.5 Å². The number of methoxy groups -OCH3 is 1. The fourth-order valence-electron chi connectivity index (χ4n) is 2.84. The molecule has 0 saturated carbocycles. The van der Waals surface area contributed by atoms with Gasteiger partial charge in [-0.2, -0.15) is 5.26 Å². The van der Waals surface area contributed by atoms with Gasteiger partial charge in [0, 0.05) is 0 Å². The van der Waals surface area contributed by atoms with Crippen molar-refractivity contribution >= 4 is 0 Å². The lowest BCUT2D eigenvalue weighted by molar-refractivity contribution is 0.164. The van der Waals surface area contributed by atoms with E-state index in [1.54, 1.807) is 7.11 Å². The maximum absolute atomic E-state index is 9.61. The summed E-state index contributed by atoms with van der Waals surface area (Å²) in [5, 5.41) is 9.61. The molecule has 1 atom stereocenters. The maximum Gasteiger partial charge on any atom is 0.161 e. The van der Waals surface area contributed by atoms with Crippen molar-refractivity contribution in [3.05, 3.63) is 23.8 Å². The summed E-state index contributed by atoms with van der Waals surface area (Å²) in [5.41, 5.74) is 0.984. The number of ether oxygens (including phenoxy) is 2. The fraction of sp³-hybridized carbons (Fsp3) is 0.611. The van der Waals surface area contributed by atoms with Gasteiger partial charge in [0.2, 0.25) is 0 Å². The van der Waals surface area contributed by atoms with Crippen LogP contribution < -0.4 is 9.47 Å². The molecule has 2 rings (SSSR count). The number of hydrogen-bond acceptors (Lipinski definition) is 4. The first-order chi connectivity index (χ1) is 10.7. The lowest BCUT2D eigenvalue weighted by Crippen LogP contribution is -2.35. The highest BCUT2D eigenvalue weighted by atomic mass is 16.5. The third kappa shape index (κ3) is 3.92. The van der Waals surface area contributed by atoms with E-state index >= 15 is 0 Å². The molecule has 0 spiro atoms. The Bertz CT molecular complexity index is 516. The fourth-order valence-corrected chi connectivity index (χ4v) is 2.84. The van der Waals surface area contributed by atoms with Crippen LogP contribution in [0.1, 0.15) is 44.7 Å². The van der Waals surface area contributed by atoms with Gasteiger partial charge >= 0.3 is 0 Å². The van der Waals surface area contributed by atoms with Crippen LogP contribution in [0.4, 0.5) is 0 Å². The Hall–Kier alpha value is -1.73. The molecule has 1 unspecified atom stereocenters. The van der Waals surface area contributed by atoms with Crippen LogP contribution in [0, 0.1) is 17.2 Å². The second kappa shape index (κ2) is 8.05. The number of nitrogens with zero attached hydrogens (tertiary/aromatic N) is 2. The van der Waals surface area contributed by atoms with Crippen LogP contribution in [0.25, 0.3) is 0 Å². The van der Waals surface area contributed by atoms with Gasteiger partial charge in [-0.3, -0.25) is 4.90 Å². The van der Waals surface area contributed by atoms with Crippen LogP contribution in [0.3, 0.4) is 0 Å². The minimum atomic E-state index is -0.207. The van der Waals surface area contributed by atoms with Crippen molar-refractivity contribution in [1.82, 2.24) is 4.90 Å². The summed E-state index contributed by atoms with van der Waals surface area (Å²) in [7, 11) is 1.64. The largest absolute Gasteiger partial charge is 0.493 e. The molecular weight excluding hydrogens is 276 g/mol. The third-order valence-corrected chi connectivity index (χ3v) is 4.27. The van der Waals surface area contributed by atoms with Gasteiger partial charge in [0.1, 0.15) is 6.04 Å². The standard InChI is InChI=1S/C18H26N2O2/c1-4-11-22-17-6-5-15(12-18(17)21-3)16(13-19)20-9-7-14(2)8-10-20/h5-6,12,14,16H,4,7-11H2,1-3H3. The van der Waals surface area contributed by atoms with E-state index in [-0.39, 0.29) is 6.04 Å². The topological polar surface area (TPSA) is 45.5 Å². The number of nitriles is 1. The number of rotatable bonds is 6. The Morgan fingerprint density at radius 2 is 2.05 bits per heavy atom. The SMILES string of the molecule is CCCOc1ccc(C(C#N)N2CCC(C)CC2)cc1OC. The van der Waals surface area contributed by atoms with Gasteiger partial charge in [0.25, 0.3) is 0 Å². The summed E-state index contributed by atoms with van der Waals surface area (Å²) < 4.78 is 11.1. The van der Waals surface area contributed by atoms with Crippen molar-refractivity contribution in [3.63, 3.8) is 0 Å². The molecule has 1 aromatic carbocycles. The molecule has 0 aliphatic carbocycles. The maximum atomic E-state index is 9.61. The summed E-state index contributed by atoms with van der Waals surface area (Å²) in [6, 6.07) is 8.08. The highest BCUT2D eigenvalue weighted by Gasteiger charge is 2.25. The molecule has 1 fully saturated rings. The Kier molecular flexibility index (Phi) is 6.09. The average molecular weight is 302 g/mol. The predicted octanol–water partition coefficient (Wildman–Crippen LogP) is 3.78. The molecule has 0 N–H and O–H groups in total. The zero-order valence-corrected chi connectivity index (χ0v) is 13.8. The molecule has 1 saturated heterocycles. The minimum Gasteiger partial charge on any atom is -0.493 e. The molecule has 0 aromatic heterocycles. The van der Waals surface area contributed by atoms with Crippen molar-refractivity contribution in [3.8, 4) is 17.6 Å². The van der Waals surface area contributed by atoms with Gasteiger partial charge < -0.3 is 9.47 Å². The van der Waals surface area contributed by atoms with Crippen molar-refractivity contribution < 1.29 is 9.47 Å². The molecule has 1 heterocycles. The number of piperidine rings is 1. The highest BCUT2D eigenvalue weighted by Crippen LogP contribution is 2.33. The smallest absolute Gasteiger partial charge is 0.161 e. The summed E-state index contributed by atoms with van der Waals surface area (Å²) >= 11 is 0. The van der Waals surface area contributed by atoms with Gasteiger partial charge in [0.05, 0.1) is 19.8 Å². The Morgan fingerprint density at radius 1 is 1.32 bits per heavy atom. The summed E-state index contributed by atoms with van der Waals surface area (Å²) in [5.74, 6) is 2.21. The molecule has 1 aromatic rings. The van der Waals surface area contributed by atoms with E-state index in [0.29, 0.717) is 12.4 Å². The van der Waals surface area contributed by atoms with Crippen molar-refractivity contribution in [2.24, 2.45) is 5.92 Å². The first-order valence-corrected chi connectivity index (χ1v) is 8.14. The van der Waals surface area contributed by atoms with Crippen LogP contribution in [0.15, 0.2) is 18.2 Å². The second-order valence-electron chi connectivity index (χ2n) is 6.01. The number of hydrogen-bond donors (Lipinski definition) is 0. The second-order valence-corrected chi connectivity index (χ2v) is 6.01. The quantitative estimate of drug-likeness (QED) is 0.802. The van der Waals surface area contributed by atoms with E-state index in [4.69, 9.17) is 9.47 Å². The van der Waals surface area contributed by atoms with Crippen LogP contribution in [-0.2, 0) is 0 Å². The van der Waals surface area contributed by atoms with Crippen molar-refractivity contribution in [2.45, 2.75) is 39.2 Å². The van der Waals surface area contributed by atoms with E-state index in [2.05, 4.69) is 24.8 Å². The highest BCUT2D eigenvalue weighted by molar-refractivity contribution is 5.45. The Labute approximate surface area is 133 Å². The van der Waals surface area contributed by atoms with E-state index in [1.807, 2.05) is 18.2 Å². The van der Waals surface area contributed by atoms with E-state index in [1.165, 1.54) is 0 Å². The molecule has 0 amide bonds. The van der Waals surface area contributed by atoms with Gasteiger partial charge in [-0.1, -0.05) is 19.9 Å². The molecule has 120 valence electrons. The van der Waals surface area contributed by atoms with E-state index < -0.39 is 0 Å². The van der Waals surface area contributed by atoms with Crippen molar-refractivity contribution in [2.75, 3.05) is 26.8 Å². The Morgan fingerprint density at radius 3 is 2.64 bits per heavy atom. The zero-order valence-electron chi connectivity index (χ0n) is 13.8.